The summed E-state index contributed by atoms with van der Waals surface area (Å²) in [5, 5.41) is 0.933. The van der Waals surface area contributed by atoms with Crippen LogP contribution in [0.1, 0.15) is 12.5 Å². The van der Waals surface area contributed by atoms with Gasteiger partial charge in [-0.2, -0.15) is 0 Å². The fourth-order valence-electron chi connectivity index (χ4n) is 3.87. The molecule has 1 aliphatic rings. The highest BCUT2D eigenvalue weighted by Gasteiger charge is 2.20. The van der Waals surface area contributed by atoms with Gasteiger partial charge in [0.25, 0.3) is 0 Å². The zero-order valence-electron chi connectivity index (χ0n) is 16.9. The lowest BCUT2D eigenvalue weighted by Crippen LogP contribution is -2.46. The van der Waals surface area contributed by atoms with Crippen LogP contribution in [0.2, 0.25) is 0 Å². The van der Waals surface area contributed by atoms with Crippen molar-refractivity contribution in [1.29, 1.82) is 0 Å². The van der Waals surface area contributed by atoms with Gasteiger partial charge in [-0.1, -0.05) is 12.1 Å². The van der Waals surface area contributed by atoms with Gasteiger partial charge >= 0.3 is 5.63 Å². The molecule has 2 aromatic carbocycles. The molecule has 0 N–H and O–H groups in total. The van der Waals surface area contributed by atoms with E-state index in [-0.39, 0.29) is 5.63 Å². The zero-order valence-corrected chi connectivity index (χ0v) is 16.9. The summed E-state index contributed by atoms with van der Waals surface area (Å²) in [6.07, 6.45) is 0. The average Bonchev–Trinajstić information content (AvgIpc) is 2.75. The summed E-state index contributed by atoms with van der Waals surface area (Å²) in [6, 6.07) is 15.3. The van der Waals surface area contributed by atoms with Crippen molar-refractivity contribution in [3.63, 3.8) is 0 Å². The number of ether oxygens (including phenoxy) is 2. The third kappa shape index (κ3) is 4.22. The summed E-state index contributed by atoms with van der Waals surface area (Å²) in [4.78, 5) is 16.7. The second-order valence-corrected chi connectivity index (χ2v) is 7.12. The molecule has 29 heavy (non-hydrogen) atoms. The van der Waals surface area contributed by atoms with Crippen LogP contribution in [0.5, 0.6) is 11.5 Å². The quantitative estimate of drug-likeness (QED) is 0.597. The van der Waals surface area contributed by atoms with Crippen molar-refractivity contribution in [3.05, 3.63) is 64.5 Å². The second kappa shape index (κ2) is 8.57. The van der Waals surface area contributed by atoms with Gasteiger partial charge in [-0.3, -0.25) is 4.90 Å². The fraction of sp³-hybridized carbons (Fsp3) is 0.348. The summed E-state index contributed by atoms with van der Waals surface area (Å²) in [5.74, 6) is 1.69. The van der Waals surface area contributed by atoms with Crippen LogP contribution in [-0.4, -0.2) is 44.8 Å². The summed E-state index contributed by atoms with van der Waals surface area (Å²) < 4.78 is 16.5. The predicted molar refractivity (Wildman–Crippen MR) is 114 cm³/mol. The Balaban J connectivity index is 1.51. The molecule has 4 rings (SSSR count). The minimum atomic E-state index is -0.315. The van der Waals surface area contributed by atoms with Crippen LogP contribution in [0.15, 0.2) is 57.7 Å². The number of methoxy groups -OCH3 is 1. The van der Waals surface area contributed by atoms with Crippen molar-refractivity contribution in [3.8, 4) is 11.5 Å². The van der Waals surface area contributed by atoms with E-state index in [2.05, 4.69) is 15.9 Å². The molecular weight excluding hydrogens is 368 g/mol. The van der Waals surface area contributed by atoms with Crippen LogP contribution < -0.4 is 20.0 Å². The van der Waals surface area contributed by atoms with E-state index in [1.54, 1.807) is 13.2 Å². The third-order valence-corrected chi connectivity index (χ3v) is 5.30. The second-order valence-electron chi connectivity index (χ2n) is 7.12. The van der Waals surface area contributed by atoms with E-state index < -0.39 is 0 Å². The molecule has 2 heterocycles. The molecule has 6 nitrogen and oxygen atoms in total. The summed E-state index contributed by atoms with van der Waals surface area (Å²) >= 11 is 0. The molecular formula is C23H26N2O4. The molecule has 6 heteroatoms. The van der Waals surface area contributed by atoms with Crippen molar-refractivity contribution >= 4 is 16.7 Å². The van der Waals surface area contributed by atoms with Crippen LogP contribution in [0.4, 0.5) is 5.69 Å². The molecule has 0 aliphatic carbocycles. The lowest BCUT2D eigenvalue weighted by atomic mass is 10.1. The average molecular weight is 394 g/mol. The lowest BCUT2D eigenvalue weighted by molar-refractivity contribution is 0.249. The molecule has 0 radical (unpaired) electrons. The first-order valence-corrected chi connectivity index (χ1v) is 9.98. The maximum atomic E-state index is 12.0. The number of fused-ring (bicyclic) bond motifs is 1. The summed E-state index contributed by atoms with van der Waals surface area (Å²) in [6.45, 7) is 6.89. The number of rotatable bonds is 6. The Kier molecular flexibility index (Phi) is 5.71. The smallest absolute Gasteiger partial charge is 0.336 e. The van der Waals surface area contributed by atoms with Crippen molar-refractivity contribution in [2.45, 2.75) is 13.5 Å². The number of hydrogen-bond acceptors (Lipinski definition) is 6. The largest absolute Gasteiger partial charge is 0.495 e. The highest BCUT2D eigenvalue weighted by Crippen LogP contribution is 2.29. The Morgan fingerprint density at radius 2 is 1.83 bits per heavy atom. The SMILES string of the molecule is CCOc1ccc2oc(=O)cc(CN3CCN(c4ccccc4OC)CC3)c2c1. The number of anilines is 1. The van der Waals surface area contributed by atoms with Gasteiger partial charge in [0.2, 0.25) is 0 Å². The molecule has 1 fully saturated rings. The van der Waals surface area contributed by atoms with E-state index in [9.17, 15) is 4.79 Å². The van der Waals surface area contributed by atoms with E-state index in [1.807, 2.05) is 43.3 Å². The van der Waals surface area contributed by atoms with Gasteiger partial charge in [0.05, 0.1) is 19.4 Å². The van der Waals surface area contributed by atoms with Crippen molar-refractivity contribution in [2.24, 2.45) is 0 Å². The van der Waals surface area contributed by atoms with Gasteiger partial charge in [0.1, 0.15) is 17.1 Å². The van der Waals surface area contributed by atoms with E-state index >= 15 is 0 Å². The number of piperazine rings is 1. The highest BCUT2D eigenvalue weighted by molar-refractivity contribution is 5.81. The maximum Gasteiger partial charge on any atom is 0.336 e. The molecule has 0 bridgehead atoms. The van der Waals surface area contributed by atoms with Crippen molar-refractivity contribution in [2.75, 3.05) is 44.8 Å². The van der Waals surface area contributed by atoms with E-state index in [4.69, 9.17) is 13.9 Å². The number of nitrogens with zero attached hydrogens (tertiary/aromatic N) is 2. The van der Waals surface area contributed by atoms with Gasteiger partial charge in [0.15, 0.2) is 0 Å². The van der Waals surface area contributed by atoms with Gasteiger partial charge in [0, 0.05) is 44.2 Å². The van der Waals surface area contributed by atoms with E-state index in [0.29, 0.717) is 18.7 Å². The van der Waals surface area contributed by atoms with Crippen LogP contribution in [0.25, 0.3) is 11.0 Å². The first-order chi connectivity index (χ1) is 14.2. The lowest BCUT2D eigenvalue weighted by Gasteiger charge is -2.36. The van der Waals surface area contributed by atoms with Crippen molar-refractivity contribution in [1.82, 2.24) is 4.90 Å². The van der Waals surface area contributed by atoms with Crippen LogP contribution >= 0.6 is 0 Å². The van der Waals surface area contributed by atoms with Gasteiger partial charge in [-0.25, -0.2) is 4.79 Å². The first kappa shape index (κ1) is 19.3. The Bertz CT molecular complexity index is 1040. The third-order valence-electron chi connectivity index (χ3n) is 5.30. The highest BCUT2D eigenvalue weighted by atomic mass is 16.5. The molecule has 152 valence electrons. The van der Waals surface area contributed by atoms with Crippen LogP contribution in [-0.2, 0) is 6.54 Å². The Morgan fingerprint density at radius 1 is 1.03 bits per heavy atom. The topological polar surface area (TPSA) is 55.2 Å². The monoisotopic (exact) mass is 394 g/mol. The Morgan fingerprint density at radius 3 is 2.59 bits per heavy atom. The van der Waals surface area contributed by atoms with Gasteiger partial charge in [-0.15, -0.1) is 0 Å². The molecule has 1 aromatic heterocycles. The summed E-state index contributed by atoms with van der Waals surface area (Å²) in [5.41, 5.74) is 2.39. The molecule has 1 saturated heterocycles. The van der Waals surface area contributed by atoms with Gasteiger partial charge in [-0.05, 0) is 42.8 Å². The molecule has 0 saturated carbocycles. The van der Waals surface area contributed by atoms with E-state index in [1.165, 1.54) is 0 Å². The first-order valence-electron chi connectivity index (χ1n) is 9.98. The number of benzene rings is 2. The zero-order chi connectivity index (χ0) is 20.2. The standard InChI is InChI=1S/C23H26N2O4/c1-3-28-18-8-9-21-19(15-18)17(14-23(26)29-21)16-24-10-12-25(13-11-24)20-6-4-5-7-22(20)27-2/h4-9,14-15H,3,10-13,16H2,1-2H3. The van der Waals surface area contributed by atoms with Gasteiger partial charge < -0.3 is 18.8 Å². The van der Waals surface area contributed by atoms with Crippen LogP contribution in [0, 0.1) is 0 Å². The Hall–Kier alpha value is -2.99. The minimum Gasteiger partial charge on any atom is -0.495 e. The molecule has 1 aliphatic heterocycles. The maximum absolute atomic E-state index is 12.0. The minimum absolute atomic E-state index is 0.315. The fourth-order valence-corrected chi connectivity index (χ4v) is 3.87. The Labute approximate surface area is 170 Å². The normalized spacial score (nSPS) is 14.9. The molecule has 0 amide bonds. The van der Waals surface area contributed by atoms with Crippen LogP contribution in [0.3, 0.4) is 0 Å². The predicted octanol–water partition coefficient (Wildman–Crippen LogP) is 3.52. The molecule has 0 atom stereocenters. The molecule has 0 spiro atoms. The number of para-hydroxylation sites is 2. The molecule has 3 aromatic rings. The van der Waals surface area contributed by atoms with Crippen molar-refractivity contribution < 1.29 is 13.9 Å². The van der Waals surface area contributed by atoms with E-state index in [0.717, 1.165) is 54.3 Å². The molecule has 0 unspecified atom stereocenters. The number of hydrogen-bond donors (Lipinski definition) is 0. The summed E-state index contributed by atoms with van der Waals surface area (Å²) in [7, 11) is 1.71.